The fourth-order valence-electron chi connectivity index (χ4n) is 4.85. The molecule has 3 heterocycles. The first-order valence-electron chi connectivity index (χ1n) is 10.8. The fourth-order valence-corrected chi connectivity index (χ4v) is 4.85. The van der Waals surface area contributed by atoms with Crippen LogP contribution in [0.3, 0.4) is 0 Å². The summed E-state index contributed by atoms with van der Waals surface area (Å²) in [5.74, 6) is -1.31. The summed E-state index contributed by atoms with van der Waals surface area (Å²) >= 11 is 0. The summed E-state index contributed by atoms with van der Waals surface area (Å²) in [4.78, 5) is 2.44. The van der Waals surface area contributed by atoms with E-state index < -0.39 is 11.6 Å². The van der Waals surface area contributed by atoms with Crippen molar-refractivity contribution in [2.45, 2.75) is 82.7 Å². The van der Waals surface area contributed by atoms with Gasteiger partial charge in [0.1, 0.15) is 25.1 Å². The van der Waals surface area contributed by atoms with Crippen LogP contribution in [0, 0.1) is 0 Å². The third-order valence-corrected chi connectivity index (χ3v) is 6.03. The maximum atomic E-state index is 6.48. The van der Waals surface area contributed by atoms with Gasteiger partial charge >= 0.3 is 0 Å². The highest BCUT2D eigenvalue weighted by atomic mass is 16.8. The van der Waals surface area contributed by atoms with Crippen LogP contribution in [0.2, 0.25) is 0 Å². The van der Waals surface area contributed by atoms with Crippen LogP contribution in [0.1, 0.15) is 39.7 Å². The molecule has 7 nitrogen and oxygen atoms in total. The smallest absolute Gasteiger partial charge is 0.163 e. The number of rotatable bonds is 7. The molecule has 3 aliphatic heterocycles. The van der Waals surface area contributed by atoms with Gasteiger partial charge in [-0.05, 0) is 39.7 Å². The second-order valence-electron chi connectivity index (χ2n) is 9.28. The molecule has 30 heavy (non-hydrogen) atoms. The van der Waals surface area contributed by atoms with Crippen LogP contribution >= 0.6 is 0 Å². The molecule has 0 amide bonds. The summed E-state index contributed by atoms with van der Waals surface area (Å²) < 4.78 is 36.2. The van der Waals surface area contributed by atoms with Gasteiger partial charge in [0, 0.05) is 20.2 Å². The summed E-state index contributed by atoms with van der Waals surface area (Å²) in [6.45, 7) is 10.3. The SMILES string of the molecule is COCO[C@@H]1CCN(Cc2ccccc2)[C@@H]1[C@@H]1OC(C)(C)O[C@@H]1[C@H]1COC(C)(C)O1. The standard InChI is InChI=1S/C23H35NO6/c1-22(2)27-14-18(28-22)20-21(30-23(3,4)29-20)19-17(26-15-25-5)11-12-24(19)13-16-9-7-6-8-10-16/h6-10,17-21H,11-15H2,1-5H3/t17-,18-,19+,20-,21+/m1/s1. The molecule has 5 atom stereocenters. The molecule has 0 saturated carbocycles. The maximum absolute atomic E-state index is 6.48. The molecule has 0 aliphatic carbocycles. The Balaban J connectivity index is 1.58. The van der Waals surface area contributed by atoms with Crippen molar-refractivity contribution >= 4 is 0 Å². The van der Waals surface area contributed by atoms with Gasteiger partial charge in [0.05, 0.1) is 18.8 Å². The zero-order valence-electron chi connectivity index (χ0n) is 18.7. The van der Waals surface area contributed by atoms with Crippen LogP contribution in [0.15, 0.2) is 30.3 Å². The van der Waals surface area contributed by atoms with E-state index in [1.807, 2.05) is 33.8 Å². The van der Waals surface area contributed by atoms with Gasteiger partial charge in [-0.2, -0.15) is 0 Å². The first-order valence-corrected chi connectivity index (χ1v) is 10.8. The number of nitrogens with zero attached hydrogens (tertiary/aromatic N) is 1. The number of ether oxygens (including phenoxy) is 6. The lowest BCUT2D eigenvalue weighted by Crippen LogP contribution is -2.53. The molecule has 0 radical (unpaired) electrons. The van der Waals surface area contributed by atoms with Gasteiger partial charge in [-0.15, -0.1) is 0 Å². The number of likely N-dealkylation sites (tertiary alicyclic amines) is 1. The Kier molecular flexibility index (Phi) is 6.51. The van der Waals surface area contributed by atoms with Gasteiger partial charge in [0.15, 0.2) is 11.6 Å². The molecule has 0 aromatic heterocycles. The molecule has 1 aromatic carbocycles. The molecule has 0 spiro atoms. The number of methoxy groups -OCH3 is 1. The highest BCUT2D eigenvalue weighted by molar-refractivity contribution is 5.15. The third kappa shape index (κ3) is 4.88. The lowest BCUT2D eigenvalue weighted by atomic mass is 9.97. The molecule has 0 N–H and O–H groups in total. The van der Waals surface area contributed by atoms with E-state index in [4.69, 9.17) is 28.4 Å². The summed E-state index contributed by atoms with van der Waals surface area (Å²) in [5, 5.41) is 0. The van der Waals surface area contributed by atoms with Crippen LogP contribution in [0.4, 0.5) is 0 Å². The predicted octanol–water partition coefficient (Wildman–Crippen LogP) is 2.92. The molecule has 7 heteroatoms. The van der Waals surface area contributed by atoms with Crippen molar-refractivity contribution in [2.75, 3.05) is 27.1 Å². The zero-order valence-corrected chi connectivity index (χ0v) is 18.7. The van der Waals surface area contributed by atoms with Gasteiger partial charge in [0.2, 0.25) is 0 Å². The van der Waals surface area contributed by atoms with Gasteiger partial charge in [-0.25, -0.2) is 0 Å². The fraction of sp³-hybridized carbons (Fsp3) is 0.739. The zero-order chi connectivity index (χ0) is 21.4. The first kappa shape index (κ1) is 22.1. The molecular formula is C23H35NO6. The van der Waals surface area contributed by atoms with E-state index >= 15 is 0 Å². The third-order valence-electron chi connectivity index (χ3n) is 6.03. The second kappa shape index (κ2) is 8.82. The minimum Gasteiger partial charge on any atom is -0.359 e. The van der Waals surface area contributed by atoms with Crippen LogP contribution < -0.4 is 0 Å². The van der Waals surface area contributed by atoms with Crippen molar-refractivity contribution in [1.82, 2.24) is 4.90 Å². The average molecular weight is 422 g/mol. The number of hydrogen-bond donors (Lipinski definition) is 0. The van der Waals surface area contributed by atoms with Gasteiger partial charge < -0.3 is 28.4 Å². The Morgan fingerprint density at radius 2 is 1.73 bits per heavy atom. The molecule has 1 aromatic rings. The molecule has 0 bridgehead atoms. The van der Waals surface area contributed by atoms with E-state index in [-0.39, 0.29) is 37.3 Å². The lowest BCUT2D eigenvalue weighted by molar-refractivity contribution is -0.175. The molecule has 0 unspecified atom stereocenters. The van der Waals surface area contributed by atoms with Crippen molar-refractivity contribution in [3.05, 3.63) is 35.9 Å². The Hall–Kier alpha value is -1.06. The van der Waals surface area contributed by atoms with E-state index in [0.29, 0.717) is 6.61 Å². The quantitative estimate of drug-likeness (QED) is 0.628. The Labute approximate surface area is 179 Å². The molecular weight excluding hydrogens is 386 g/mol. The van der Waals surface area contributed by atoms with E-state index in [9.17, 15) is 0 Å². The molecule has 4 rings (SSSR count). The minimum absolute atomic E-state index is 0.00556. The van der Waals surface area contributed by atoms with Crippen molar-refractivity contribution < 1.29 is 28.4 Å². The van der Waals surface area contributed by atoms with Crippen LogP contribution in [0.25, 0.3) is 0 Å². The second-order valence-corrected chi connectivity index (χ2v) is 9.28. The average Bonchev–Trinajstić information content (AvgIpc) is 3.35. The maximum Gasteiger partial charge on any atom is 0.163 e. The Bertz CT molecular complexity index is 696. The lowest BCUT2D eigenvalue weighted by Gasteiger charge is -2.35. The molecule has 3 fully saturated rings. The van der Waals surface area contributed by atoms with Crippen molar-refractivity contribution in [3.63, 3.8) is 0 Å². The van der Waals surface area contributed by atoms with E-state index in [1.165, 1.54) is 5.56 Å². The molecule has 3 aliphatic rings. The first-order chi connectivity index (χ1) is 14.3. The topological polar surface area (TPSA) is 58.6 Å². The van der Waals surface area contributed by atoms with E-state index in [1.54, 1.807) is 7.11 Å². The summed E-state index contributed by atoms with van der Waals surface area (Å²) in [6.07, 6.45) is 0.289. The highest BCUT2D eigenvalue weighted by Gasteiger charge is 2.56. The molecule has 3 saturated heterocycles. The van der Waals surface area contributed by atoms with Gasteiger partial charge in [0.25, 0.3) is 0 Å². The van der Waals surface area contributed by atoms with E-state index in [2.05, 4.69) is 29.2 Å². The highest BCUT2D eigenvalue weighted by Crippen LogP contribution is 2.41. The minimum atomic E-state index is -0.696. The summed E-state index contributed by atoms with van der Waals surface area (Å²) in [6, 6.07) is 10.5. The monoisotopic (exact) mass is 421 g/mol. The molecule has 168 valence electrons. The summed E-state index contributed by atoms with van der Waals surface area (Å²) in [5.41, 5.74) is 1.27. The van der Waals surface area contributed by atoms with Crippen LogP contribution in [-0.4, -0.2) is 74.0 Å². The number of hydrogen-bond acceptors (Lipinski definition) is 7. The normalized spacial score (nSPS) is 35.8. The summed E-state index contributed by atoms with van der Waals surface area (Å²) in [7, 11) is 1.65. The Morgan fingerprint density at radius 1 is 1.00 bits per heavy atom. The largest absolute Gasteiger partial charge is 0.359 e. The Morgan fingerprint density at radius 3 is 2.40 bits per heavy atom. The van der Waals surface area contributed by atoms with Gasteiger partial charge in [-0.3, -0.25) is 4.90 Å². The predicted molar refractivity (Wildman–Crippen MR) is 111 cm³/mol. The van der Waals surface area contributed by atoms with Crippen molar-refractivity contribution in [3.8, 4) is 0 Å². The van der Waals surface area contributed by atoms with Crippen LogP contribution in [-0.2, 0) is 35.0 Å². The number of benzene rings is 1. The van der Waals surface area contributed by atoms with Crippen molar-refractivity contribution in [1.29, 1.82) is 0 Å². The van der Waals surface area contributed by atoms with Crippen molar-refractivity contribution in [2.24, 2.45) is 0 Å². The van der Waals surface area contributed by atoms with Crippen LogP contribution in [0.5, 0.6) is 0 Å². The van der Waals surface area contributed by atoms with E-state index in [0.717, 1.165) is 19.5 Å². The van der Waals surface area contributed by atoms with Gasteiger partial charge in [-0.1, -0.05) is 30.3 Å².